The van der Waals surface area contributed by atoms with Crippen molar-refractivity contribution in [2.24, 2.45) is 13.0 Å². The Morgan fingerprint density at radius 1 is 1.14 bits per heavy atom. The number of likely N-dealkylation sites (N-methyl/N-ethyl adjacent to an activating group) is 1. The monoisotopic (exact) mass is 388 g/mol. The van der Waals surface area contributed by atoms with E-state index in [1.54, 1.807) is 0 Å². The number of carbonyl (C=O) groups is 1. The summed E-state index contributed by atoms with van der Waals surface area (Å²) in [5, 5.41) is 0. The minimum atomic E-state index is 0.340. The molecule has 1 amide bonds. The molecule has 1 atom stereocenters. The van der Waals surface area contributed by atoms with Crippen molar-refractivity contribution in [1.82, 2.24) is 19.3 Å². The standard InChI is InChI=1S/C22H36N4O2/c1-23(16-20-4-3-10-24(20)2)12-13-26(19-8-14-28-15-9-19)21-7-11-25(17-21)22(27)18-5-6-18/h3-4,10,18-19,21H,5-9,11-17H2,1-2H3. The zero-order valence-corrected chi connectivity index (χ0v) is 17.6. The summed E-state index contributed by atoms with van der Waals surface area (Å²) in [4.78, 5) is 19.8. The first-order chi connectivity index (χ1) is 13.6. The molecule has 1 aliphatic carbocycles. The SMILES string of the molecule is CN(CCN(C1CCOCC1)C1CCN(C(=O)C2CC2)C1)Cc1cccn1C. The van der Waals surface area contributed by atoms with E-state index in [1.807, 2.05) is 0 Å². The van der Waals surface area contributed by atoms with Crippen molar-refractivity contribution < 1.29 is 9.53 Å². The van der Waals surface area contributed by atoms with Gasteiger partial charge in [-0.2, -0.15) is 0 Å². The van der Waals surface area contributed by atoms with E-state index < -0.39 is 0 Å². The Labute approximate surface area is 169 Å². The molecule has 2 aliphatic heterocycles. The Bertz CT molecular complexity index is 651. The molecule has 156 valence electrons. The molecule has 1 saturated carbocycles. The molecule has 0 aromatic carbocycles. The second-order valence-corrected chi connectivity index (χ2v) is 8.93. The van der Waals surface area contributed by atoms with Gasteiger partial charge < -0.3 is 14.2 Å². The van der Waals surface area contributed by atoms with Gasteiger partial charge in [0, 0.05) is 82.9 Å². The van der Waals surface area contributed by atoms with Crippen molar-refractivity contribution in [3.8, 4) is 0 Å². The van der Waals surface area contributed by atoms with E-state index in [-0.39, 0.29) is 0 Å². The molecular formula is C22H36N4O2. The lowest BCUT2D eigenvalue weighted by atomic mass is 10.0. The lowest BCUT2D eigenvalue weighted by Crippen LogP contribution is -2.49. The van der Waals surface area contributed by atoms with E-state index in [0.29, 0.717) is 23.9 Å². The average Bonchev–Trinajstić information content (AvgIpc) is 3.32. The quantitative estimate of drug-likeness (QED) is 0.683. The first-order valence-electron chi connectivity index (χ1n) is 11.0. The van der Waals surface area contributed by atoms with Crippen LogP contribution in [0.5, 0.6) is 0 Å². The highest BCUT2D eigenvalue weighted by Crippen LogP contribution is 2.33. The fraction of sp³-hybridized carbons (Fsp3) is 0.773. The van der Waals surface area contributed by atoms with Gasteiger partial charge in [0.15, 0.2) is 0 Å². The molecule has 3 aliphatic rings. The number of hydrogen-bond acceptors (Lipinski definition) is 4. The van der Waals surface area contributed by atoms with Crippen molar-refractivity contribution in [3.05, 3.63) is 24.0 Å². The zero-order chi connectivity index (χ0) is 19.5. The lowest BCUT2D eigenvalue weighted by molar-refractivity contribution is -0.131. The summed E-state index contributed by atoms with van der Waals surface area (Å²) in [5.41, 5.74) is 1.35. The molecule has 0 radical (unpaired) electrons. The van der Waals surface area contributed by atoms with Gasteiger partial charge in [-0.05, 0) is 51.3 Å². The first kappa shape index (κ1) is 19.9. The van der Waals surface area contributed by atoms with Crippen LogP contribution in [0, 0.1) is 5.92 Å². The molecule has 0 bridgehead atoms. The summed E-state index contributed by atoms with van der Waals surface area (Å²) in [6, 6.07) is 5.42. The van der Waals surface area contributed by atoms with Crippen molar-refractivity contribution in [2.45, 2.75) is 50.7 Å². The number of aryl methyl sites for hydroxylation is 1. The van der Waals surface area contributed by atoms with Crippen LogP contribution in [0.4, 0.5) is 0 Å². The van der Waals surface area contributed by atoms with Gasteiger partial charge in [-0.25, -0.2) is 0 Å². The minimum absolute atomic E-state index is 0.340. The molecular weight excluding hydrogens is 352 g/mol. The summed E-state index contributed by atoms with van der Waals surface area (Å²) in [6.07, 6.45) is 7.68. The number of aromatic nitrogens is 1. The Kier molecular flexibility index (Phi) is 6.38. The number of ether oxygens (including phenoxy) is 1. The maximum absolute atomic E-state index is 12.5. The maximum Gasteiger partial charge on any atom is 0.225 e. The Morgan fingerprint density at radius 3 is 2.61 bits per heavy atom. The summed E-state index contributed by atoms with van der Waals surface area (Å²) in [6.45, 7) is 6.71. The van der Waals surface area contributed by atoms with Crippen LogP contribution in [-0.4, -0.2) is 83.7 Å². The second kappa shape index (κ2) is 8.97. The van der Waals surface area contributed by atoms with E-state index in [2.05, 4.69) is 51.7 Å². The molecule has 0 N–H and O–H groups in total. The van der Waals surface area contributed by atoms with E-state index in [0.717, 1.165) is 78.0 Å². The molecule has 4 rings (SSSR count). The molecule has 3 heterocycles. The van der Waals surface area contributed by atoms with E-state index >= 15 is 0 Å². The van der Waals surface area contributed by atoms with Gasteiger partial charge in [-0.1, -0.05) is 0 Å². The van der Waals surface area contributed by atoms with Crippen LogP contribution in [-0.2, 0) is 23.1 Å². The predicted molar refractivity (Wildman–Crippen MR) is 110 cm³/mol. The number of amides is 1. The van der Waals surface area contributed by atoms with Crippen LogP contribution in [0.2, 0.25) is 0 Å². The average molecular weight is 389 g/mol. The Hall–Kier alpha value is -1.37. The molecule has 6 heteroatoms. The molecule has 1 unspecified atom stereocenters. The second-order valence-electron chi connectivity index (χ2n) is 8.93. The molecule has 28 heavy (non-hydrogen) atoms. The topological polar surface area (TPSA) is 41.0 Å². The van der Waals surface area contributed by atoms with Crippen LogP contribution in [0.15, 0.2) is 18.3 Å². The molecule has 6 nitrogen and oxygen atoms in total. The van der Waals surface area contributed by atoms with E-state index in [9.17, 15) is 4.79 Å². The molecule has 0 spiro atoms. The number of hydrogen-bond donors (Lipinski definition) is 0. The number of nitrogens with zero attached hydrogens (tertiary/aromatic N) is 4. The van der Waals surface area contributed by atoms with Gasteiger partial charge in [0.1, 0.15) is 0 Å². The van der Waals surface area contributed by atoms with Gasteiger partial charge >= 0.3 is 0 Å². The maximum atomic E-state index is 12.5. The van der Waals surface area contributed by atoms with Gasteiger partial charge in [0.05, 0.1) is 0 Å². The normalized spacial score (nSPS) is 23.9. The summed E-state index contributed by atoms with van der Waals surface area (Å²) in [5.74, 6) is 0.752. The highest BCUT2D eigenvalue weighted by molar-refractivity contribution is 5.81. The minimum Gasteiger partial charge on any atom is -0.381 e. The smallest absolute Gasteiger partial charge is 0.225 e. The van der Waals surface area contributed by atoms with Crippen LogP contribution < -0.4 is 0 Å². The van der Waals surface area contributed by atoms with Crippen molar-refractivity contribution in [1.29, 1.82) is 0 Å². The largest absolute Gasteiger partial charge is 0.381 e. The number of likely N-dealkylation sites (tertiary alicyclic amines) is 1. The highest BCUT2D eigenvalue weighted by Gasteiger charge is 2.39. The van der Waals surface area contributed by atoms with Crippen molar-refractivity contribution in [3.63, 3.8) is 0 Å². The fourth-order valence-electron chi connectivity index (χ4n) is 4.78. The summed E-state index contributed by atoms with van der Waals surface area (Å²) < 4.78 is 7.82. The number of carbonyl (C=O) groups excluding carboxylic acids is 1. The van der Waals surface area contributed by atoms with Crippen LogP contribution in [0.25, 0.3) is 0 Å². The fourth-order valence-corrected chi connectivity index (χ4v) is 4.78. The Balaban J connectivity index is 1.35. The van der Waals surface area contributed by atoms with Crippen molar-refractivity contribution in [2.75, 3.05) is 46.4 Å². The van der Waals surface area contributed by atoms with Crippen LogP contribution in [0.3, 0.4) is 0 Å². The zero-order valence-electron chi connectivity index (χ0n) is 17.6. The van der Waals surface area contributed by atoms with Crippen LogP contribution >= 0.6 is 0 Å². The molecule has 3 fully saturated rings. The molecule has 1 aromatic heterocycles. The van der Waals surface area contributed by atoms with Gasteiger partial charge in [0.2, 0.25) is 5.91 Å². The first-order valence-corrected chi connectivity index (χ1v) is 11.0. The van der Waals surface area contributed by atoms with E-state index in [4.69, 9.17) is 4.74 Å². The lowest BCUT2D eigenvalue weighted by Gasteiger charge is -2.39. The summed E-state index contributed by atoms with van der Waals surface area (Å²) in [7, 11) is 4.33. The van der Waals surface area contributed by atoms with Gasteiger partial charge in [-0.3, -0.25) is 14.6 Å². The predicted octanol–water partition coefficient (Wildman–Crippen LogP) is 1.95. The molecule has 1 aromatic rings. The number of rotatable bonds is 8. The van der Waals surface area contributed by atoms with Gasteiger partial charge in [0.25, 0.3) is 0 Å². The van der Waals surface area contributed by atoms with E-state index in [1.165, 1.54) is 5.69 Å². The third-order valence-electron chi connectivity index (χ3n) is 6.75. The van der Waals surface area contributed by atoms with Crippen LogP contribution in [0.1, 0.15) is 37.8 Å². The Morgan fingerprint density at radius 2 is 1.93 bits per heavy atom. The summed E-state index contributed by atoms with van der Waals surface area (Å²) >= 11 is 0. The third kappa shape index (κ3) is 4.78. The molecule has 2 saturated heterocycles. The van der Waals surface area contributed by atoms with Crippen molar-refractivity contribution >= 4 is 5.91 Å². The third-order valence-corrected chi connectivity index (χ3v) is 6.75. The highest BCUT2D eigenvalue weighted by atomic mass is 16.5. The van der Waals surface area contributed by atoms with Gasteiger partial charge in [-0.15, -0.1) is 0 Å².